The summed E-state index contributed by atoms with van der Waals surface area (Å²) in [5, 5.41) is 4.11. The fraction of sp³-hybridized carbons (Fsp3) is 0.286. The third-order valence-electron chi connectivity index (χ3n) is 2.79. The molecular weight excluding hydrogens is 261 g/mol. The van der Waals surface area contributed by atoms with Gasteiger partial charge in [0.2, 0.25) is 5.91 Å². The van der Waals surface area contributed by atoms with Crippen LogP contribution in [0.3, 0.4) is 0 Å². The van der Waals surface area contributed by atoms with Crippen molar-refractivity contribution in [2.45, 2.75) is 26.5 Å². The molecule has 2 aromatic rings. The summed E-state index contributed by atoms with van der Waals surface area (Å²) in [5.41, 5.74) is 5.58. The fourth-order valence-corrected chi connectivity index (χ4v) is 1.75. The first-order valence-corrected chi connectivity index (χ1v) is 6.33. The minimum Gasteiger partial charge on any atom is -0.486 e. The number of nitrogens with two attached hydrogens (primary N) is 1. The van der Waals surface area contributed by atoms with E-state index in [0.29, 0.717) is 11.3 Å². The van der Waals surface area contributed by atoms with Gasteiger partial charge in [0.15, 0.2) is 5.75 Å². The predicted molar refractivity (Wildman–Crippen MR) is 71.8 cm³/mol. The molecule has 0 atom stereocenters. The van der Waals surface area contributed by atoms with E-state index < -0.39 is 11.7 Å². The maximum Gasteiger partial charge on any atom is 0.248 e. The Bertz CT molecular complexity index is 610. The number of carbonyl (C=O) groups is 1. The Hall–Kier alpha value is -2.37. The number of ether oxygens (including phenoxy) is 1. The molecule has 0 saturated carbocycles. The molecule has 106 valence electrons. The van der Waals surface area contributed by atoms with E-state index in [9.17, 15) is 9.18 Å². The van der Waals surface area contributed by atoms with Crippen molar-refractivity contribution in [1.29, 1.82) is 0 Å². The average molecular weight is 277 g/mol. The van der Waals surface area contributed by atoms with Crippen molar-refractivity contribution in [1.82, 2.24) is 9.78 Å². The number of primary amides is 1. The van der Waals surface area contributed by atoms with E-state index in [1.807, 2.05) is 0 Å². The summed E-state index contributed by atoms with van der Waals surface area (Å²) < 4.78 is 21.0. The highest BCUT2D eigenvalue weighted by Crippen LogP contribution is 2.15. The van der Waals surface area contributed by atoms with E-state index in [1.165, 1.54) is 12.1 Å². The number of aryl methyl sites for hydroxylation is 1. The van der Waals surface area contributed by atoms with Gasteiger partial charge >= 0.3 is 0 Å². The third-order valence-corrected chi connectivity index (χ3v) is 2.79. The first kappa shape index (κ1) is 14.0. The molecule has 1 aromatic carbocycles. The second-order valence-electron chi connectivity index (χ2n) is 4.40. The van der Waals surface area contributed by atoms with Crippen molar-refractivity contribution in [2.75, 3.05) is 0 Å². The van der Waals surface area contributed by atoms with Crippen molar-refractivity contribution in [3.8, 4) is 5.75 Å². The van der Waals surface area contributed by atoms with E-state index in [1.54, 1.807) is 17.1 Å². The van der Waals surface area contributed by atoms with E-state index in [4.69, 9.17) is 10.5 Å². The summed E-state index contributed by atoms with van der Waals surface area (Å²) in [4.78, 5) is 10.9. The Morgan fingerprint density at radius 3 is 2.95 bits per heavy atom. The highest BCUT2D eigenvalue weighted by molar-refractivity contribution is 5.92. The van der Waals surface area contributed by atoms with Crippen LogP contribution in [0.2, 0.25) is 0 Å². The summed E-state index contributed by atoms with van der Waals surface area (Å²) in [6.07, 6.45) is 4.33. The Kier molecular flexibility index (Phi) is 4.34. The zero-order valence-electron chi connectivity index (χ0n) is 11.2. The monoisotopic (exact) mass is 277 g/mol. The molecule has 0 unspecified atom stereocenters. The van der Waals surface area contributed by atoms with Gasteiger partial charge in [0.05, 0.1) is 12.4 Å². The number of nitrogens with zero attached hydrogens (tertiary/aromatic N) is 2. The van der Waals surface area contributed by atoms with Crippen LogP contribution in [0.4, 0.5) is 4.39 Å². The van der Waals surface area contributed by atoms with Crippen molar-refractivity contribution >= 4 is 5.91 Å². The Labute approximate surface area is 116 Å². The number of aromatic nitrogens is 2. The molecule has 2 N–H and O–H groups in total. The quantitative estimate of drug-likeness (QED) is 0.879. The van der Waals surface area contributed by atoms with Crippen molar-refractivity contribution < 1.29 is 13.9 Å². The number of benzene rings is 1. The second kappa shape index (κ2) is 6.18. The van der Waals surface area contributed by atoms with Gasteiger partial charge in [-0.05, 0) is 18.6 Å². The number of carbonyl (C=O) groups excluding carboxylic acids is 1. The Balaban J connectivity index is 2.01. The van der Waals surface area contributed by atoms with Crippen molar-refractivity contribution in [3.05, 3.63) is 47.5 Å². The van der Waals surface area contributed by atoms with Gasteiger partial charge in [-0.1, -0.05) is 13.0 Å². The van der Waals surface area contributed by atoms with Gasteiger partial charge in [0.1, 0.15) is 12.4 Å². The maximum atomic E-state index is 13.7. The van der Waals surface area contributed by atoms with Crippen molar-refractivity contribution in [2.24, 2.45) is 5.73 Å². The van der Waals surface area contributed by atoms with Crippen LogP contribution in [0.25, 0.3) is 0 Å². The lowest BCUT2D eigenvalue weighted by Gasteiger charge is -2.06. The summed E-state index contributed by atoms with van der Waals surface area (Å²) >= 11 is 0. The van der Waals surface area contributed by atoms with E-state index in [-0.39, 0.29) is 12.2 Å². The number of hydrogen-bond acceptors (Lipinski definition) is 3. The minimum absolute atomic E-state index is 0.0721. The molecule has 0 bridgehead atoms. The van der Waals surface area contributed by atoms with E-state index in [2.05, 4.69) is 12.0 Å². The Morgan fingerprint density at radius 1 is 1.50 bits per heavy atom. The van der Waals surface area contributed by atoms with Crippen LogP contribution < -0.4 is 10.5 Å². The summed E-state index contributed by atoms with van der Waals surface area (Å²) in [6, 6.07) is 4.08. The molecule has 1 heterocycles. The molecule has 2 rings (SSSR count). The fourth-order valence-electron chi connectivity index (χ4n) is 1.75. The smallest absolute Gasteiger partial charge is 0.248 e. The topological polar surface area (TPSA) is 70.1 Å². The van der Waals surface area contributed by atoms with Gasteiger partial charge in [0.25, 0.3) is 0 Å². The van der Waals surface area contributed by atoms with Crippen LogP contribution in [-0.2, 0) is 13.2 Å². The average Bonchev–Trinajstić information content (AvgIpc) is 2.85. The summed E-state index contributed by atoms with van der Waals surface area (Å²) in [5.74, 6) is -0.587. The molecule has 0 spiro atoms. The highest BCUT2D eigenvalue weighted by atomic mass is 19.1. The summed E-state index contributed by atoms with van der Waals surface area (Å²) in [6.45, 7) is 2.94. The lowest BCUT2D eigenvalue weighted by Crippen LogP contribution is -2.11. The van der Waals surface area contributed by atoms with Crippen LogP contribution >= 0.6 is 0 Å². The SMILES string of the molecule is CCCn1cc(OCc2ccc(C(N)=O)cc2F)cn1. The van der Waals surface area contributed by atoms with E-state index >= 15 is 0 Å². The van der Waals surface area contributed by atoms with Crippen molar-refractivity contribution in [3.63, 3.8) is 0 Å². The van der Waals surface area contributed by atoms with Crippen LogP contribution in [0.1, 0.15) is 29.3 Å². The second-order valence-corrected chi connectivity index (χ2v) is 4.40. The normalized spacial score (nSPS) is 10.5. The van der Waals surface area contributed by atoms with Crippen LogP contribution in [0.15, 0.2) is 30.6 Å². The number of hydrogen-bond donors (Lipinski definition) is 1. The lowest BCUT2D eigenvalue weighted by molar-refractivity contribution is 0.0999. The standard InChI is InChI=1S/C14H16FN3O2/c1-2-5-18-8-12(7-17-18)20-9-11-4-3-10(14(16)19)6-13(11)15/h3-4,6-8H,2,5,9H2,1H3,(H2,16,19). The molecule has 1 aromatic heterocycles. The maximum absolute atomic E-state index is 13.7. The Morgan fingerprint density at radius 2 is 2.30 bits per heavy atom. The third kappa shape index (κ3) is 3.34. The molecule has 0 saturated heterocycles. The van der Waals surface area contributed by atoms with Gasteiger partial charge in [-0.3, -0.25) is 9.48 Å². The first-order chi connectivity index (χ1) is 9.60. The number of amides is 1. The highest BCUT2D eigenvalue weighted by Gasteiger charge is 2.08. The molecule has 0 aliphatic carbocycles. The molecule has 0 radical (unpaired) electrons. The van der Waals surface area contributed by atoms with Gasteiger partial charge in [-0.25, -0.2) is 4.39 Å². The largest absolute Gasteiger partial charge is 0.486 e. The molecule has 0 fully saturated rings. The molecule has 0 aliphatic heterocycles. The molecule has 1 amide bonds. The first-order valence-electron chi connectivity index (χ1n) is 6.33. The molecule has 0 aliphatic rings. The van der Waals surface area contributed by atoms with Gasteiger partial charge in [0, 0.05) is 17.7 Å². The zero-order valence-corrected chi connectivity index (χ0v) is 11.2. The zero-order chi connectivity index (χ0) is 14.5. The van der Waals surface area contributed by atoms with Gasteiger partial charge in [-0.2, -0.15) is 5.10 Å². The molecule has 20 heavy (non-hydrogen) atoms. The molecular formula is C14H16FN3O2. The van der Waals surface area contributed by atoms with Crippen LogP contribution in [-0.4, -0.2) is 15.7 Å². The number of rotatable bonds is 6. The molecule has 6 heteroatoms. The van der Waals surface area contributed by atoms with Gasteiger partial charge in [-0.15, -0.1) is 0 Å². The predicted octanol–water partition coefficient (Wildman–Crippen LogP) is 2.11. The number of halogens is 1. The van der Waals surface area contributed by atoms with Crippen LogP contribution in [0.5, 0.6) is 5.75 Å². The minimum atomic E-state index is -0.655. The lowest BCUT2D eigenvalue weighted by atomic mass is 10.1. The van der Waals surface area contributed by atoms with Gasteiger partial charge < -0.3 is 10.5 Å². The summed E-state index contributed by atoms with van der Waals surface area (Å²) in [7, 11) is 0. The van der Waals surface area contributed by atoms with E-state index in [0.717, 1.165) is 19.0 Å². The molecule has 5 nitrogen and oxygen atoms in total. The van der Waals surface area contributed by atoms with Crippen LogP contribution in [0, 0.1) is 5.82 Å².